The van der Waals surface area contributed by atoms with Gasteiger partial charge in [-0.3, -0.25) is 0 Å². The predicted octanol–water partition coefficient (Wildman–Crippen LogP) is 2.18. The van der Waals surface area contributed by atoms with E-state index in [0.29, 0.717) is 13.0 Å². The highest BCUT2D eigenvalue weighted by Gasteiger charge is 2.19. The zero-order chi connectivity index (χ0) is 14.7. The van der Waals surface area contributed by atoms with Gasteiger partial charge in [-0.1, -0.05) is 11.6 Å². The summed E-state index contributed by atoms with van der Waals surface area (Å²) >= 11 is 5.76. The summed E-state index contributed by atoms with van der Waals surface area (Å²) in [6.07, 6.45) is 0.607. The largest absolute Gasteiger partial charge is 0.492 e. The third-order valence-electron chi connectivity index (χ3n) is 2.73. The van der Waals surface area contributed by atoms with Crippen LogP contribution in [0, 0.1) is 0 Å². The molecule has 0 radical (unpaired) electrons. The van der Waals surface area contributed by atoms with Crippen LogP contribution < -0.4 is 9.88 Å². The molecule has 1 aromatic carbocycles. The molecule has 1 rings (SSSR count). The molecule has 0 saturated heterocycles. The maximum atomic E-state index is 11.4. The van der Waals surface area contributed by atoms with Crippen molar-refractivity contribution >= 4 is 21.6 Å². The van der Waals surface area contributed by atoms with E-state index >= 15 is 0 Å². The molecule has 19 heavy (non-hydrogen) atoms. The molecule has 7 heteroatoms. The minimum Gasteiger partial charge on any atom is -0.492 e. The number of methoxy groups -OCH3 is 1. The van der Waals surface area contributed by atoms with Gasteiger partial charge in [0.15, 0.2) is 0 Å². The fourth-order valence-electron chi connectivity index (χ4n) is 1.33. The van der Waals surface area contributed by atoms with E-state index in [4.69, 9.17) is 26.2 Å². The third-order valence-corrected chi connectivity index (χ3v) is 3.89. The molecule has 5 nitrogen and oxygen atoms in total. The van der Waals surface area contributed by atoms with Crippen molar-refractivity contribution in [1.82, 2.24) is 0 Å². The van der Waals surface area contributed by atoms with Crippen molar-refractivity contribution in [2.24, 2.45) is 5.14 Å². The first-order valence-electron chi connectivity index (χ1n) is 5.66. The van der Waals surface area contributed by atoms with Crippen LogP contribution in [0.25, 0.3) is 0 Å². The van der Waals surface area contributed by atoms with E-state index in [0.717, 1.165) is 0 Å². The van der Waals surface area contributed by atoms with Gasteiger partial charge in [0.05, 0.1) is 12.2 Å². The van der Waals surface area contributed by atoms with Crippen LogP contribution in [0.2, 0.25) is 5.02 Å². The molecule has 0 aromatic heterocycles. The molecule has 2 N–H and O–H groups in total. The van der Waals surface area contributed by atoms with Crippen LogP contribution in [0.3, 0.4) is 0 Å². The number of hydrogen-bond donors (Lipinski definition) is 1. The molecule has 0 fully saturated rings. The number of halogens is 1. The zero-order valence-corrected chi connectivity index (χ0v) is 12.7. The molecular formula is C12H18ClNO4S. The minimum atomic E-state index is -3.87. The summed E-state index contributed by atoms with van der Waals surface area (Å²) in [6.45, 7) is 4.14. The summed E-state index contributed by atoms with van der Waals surface area (Å²) in [5, 5.41) is 5.40. The first-order valence-corrected chi connectivity index (χ1v) is 7.58. The second-order valence-corrected chi connectivity index (χ2v) is 6.66. The van der Waals surface area contributed by atoms with E-state index in [1.54, 1.807) is 13.2 Å². The number of rotatable bonds is 6. The Hall–Kier alpha value is -0.820. The second-order valence-electron chi connectivity index (χ2n) is 4.70. The maximum Gasteiger partial charge on any atom is 0.241 e. The molecule has 0 atom stereocenters. The Kier molecular flexibility index (Phi) is 5.20. The second kappa shape index (κ2) is 6.09. The monoisotopic (exact) mass is 307 g/mol. The Morgan fingerprint density at radius 1 is 1.37 bits per heavy atom. The van der Waals surface area contributed by atoms with Crippen molar-refractivity contribution in [1.29, 1.82) is 0 Å². The van der Waals surface area contributed by atoms with Gasteiger partial charge in [-0.15, -0.1) is 0 Å². The third kappa shape index (κ3) is 4.99. The Bertz CT molecular complexity index is 543. The van der Waals surface area contributed by atoms with Crippen molar-refractivity contribution in [2.45, 2.75) is 30.8 Å². The number of benzene rings is 1. The van der Waals surface area contributed by atoms with E-state index in [2.05, 4.69) is 0 Å². The van der Waals surface area contributed by atoms with Crippen molar-refractivity contribution in [3.05, 3.63) is 23.2 Å². The van der Waals surface area contributed by atoms with Crippen LogP contribution >= 0.6 is 11.6 Å². The van der Waals surface area contributed by atoms with Gasteiger partial charge in [0, 0.05) is 18.6 Å². The fourth-order valence-corrected chi connectivity index (χ4v) is 2.27. The zero-order valence-electron chi connectivity index (χ0n) is 11.1. The van der Waals surface area contributed by atoms with E-state index in [-0.39, 0.29) is 21.3 Å². The number of sulfonamides is 1. The van der Waals surface area contributed by atoms with Crippen LogP contribution in [0.15, 0.2) is 23.1 Å². The highest BCUT2D eigenvalue weighted by molar-refractivity contribution is 7.89. The first-order chi connectivity index (χ1) is 8.65. The lowest BCUT2D eigenvalue weighted by Crippen LogP contribution is -2.25. The highest BCUT2D eigenvalue weighted by atomic mass is 35.5. The van der Waals surface area contributed by atoms with Crippen LogP contribution in [-0.2, 0) is 14.8 Å². The van der Waals surface area contributed by atoms with Crippen LogP contribution in [0.5, 0.6) is 5.75 Å². The van der Waals surface area contributed by atoms with Gasteiger partial charge in [0.25, 0.3) is 0 Å². The summed E-state index contributed by atoms with van der Waals surface area (Å²) in [5.41, 5.74) is -0.339. The minimum absolute atomic E-state index is 0.116. The molecule has 0 aliphatic heterocycles. The van der Waals surface area contributed by atoms with Crippen LogP contribution in [0.4, 0.5) is 0 Å². The van der Waals surface area contributed by atoms with Gasteiger partial charge < -0.3 is 9.47 Å². The summed E-state index contributed by atoms with van der Waals surface area (Å²) in [7, 11) is -2.26. The average Bonchev–Trinajstić information content (AvgIpc) is 2.29. The normalized spacial score (nSPS) is 12.5. The Morgan fingerprint density at radius 3 is 2.53 bits per heavy atom. The van der Waals surface area contributed by atoms with Crippen molar-refractivity contribution in [2.75, 3.05) is 13.7 Å². The number of hydrogen-bond acceptors (Lipinski definition) is 4. The van der Waals surface area contributed by atoms with Gasteiger partial charge in [-0.2, -0.15) is 0 Å². The van der Waals surface area contributed by atoms with Gasteiger partial charge in [0.1, 0.15) is 10.6 Å². The van der Waals surface area contributed by atoms with E-state index < -0.39 is 10.0 Å². The first kappa shape index (κ1) is 16.2. The van der Waals surface area contributed by atoms with Gasteiger partial charge in [-0.05, 0) is 32.0 Å². The molecule has 0 aliphatic rings. The Morgan fingerprint density at radius 2 is 2.00 bits per heavy atom. The lowest BCUT2D eigenvalue weighted by Gasteiger charge is -2.22. The predicted molar refractivity (Wildman–Crippen MR) is 74.0 cm³/mol. The number of primary sulfonamides is 1. The molecule has 108 valence electrons. The SMILES string of the molecule is COC(C)(C)CCOc1ccc(Cl)cc1S(N)(=O)=O. The fraction of sp³-hybridized carbons (Fsp3) is 0.500. The van der Waals surface area contributed by atoms with Crippen molar-refractivity contribution in [3.8, 4) is 5.75 Å². The Labute approximate surface area is 118 Å². The van der Waals surface area contributed by atoms with Gasteiger partial charge >= 0.3 is 0 Å². The molecule has 0 heterocycles. The molecule has 1 aromatic rings. The molecule has 0 aliphatic carbocycles. The lowest BCUT2D eigenvalue weighted by atomic mass is 10.1. The summed E-state index contributed by atoms with van der Waals surface area (Å²) in [5.74, 6) is 0.193. The number of ether oxygens (including phenoxy) is 2. The Balaban J connectivity index is 2.85. The topological polar surface area (TPSA) is 78.6 Å². The van der Waals surface area contributed by atoms with Gasteiger partial charge in [0.2, 0.25) is 10.0 Å². The lowest BCUT2D eigenvalue weighted by molar-refractivity contribution is 0.00523. The van der Waals surface area contributed by atoms with Gasteiger partial charge in [-0.25, -0.2) is 13.6 Å². The molecule has 0 unspecified atom stereocenters. The van der Waals surface area contributed by atoms with Crippen molar-refractivity contribution in [3.63, 3.8) is 0 Å². The van der Waals surface area contributed by atoms with Crippen molar-refractivity contribution < 1.29 is 17.9 Å². The smallest absolute Gasteiger partial charge is 0.241 e. The van der Waals surface area contributed by atoms with E-state index in [1.165, 1.54) is 12.1 Å². The average molecular weight is 308 g/mol. The molecule has 0 amide bonds. The van der Waals surface area contributed by atoms with E-state index in [1.807, 2.05) is 13.8 Å². The summed E-state index contributed by atoms with van der Waals surface area (Å²) in [4.78, 5) is -0.116. The maximum absolute atomic E-state index is 11.4. The summed E-state index contributed by atoms with van der Waals surface area (Å²) in [6, 6.07) is 4.31. The molecule has 0 saturated carbocycles. The van der Waals surface area contributed by atoms with E-state index in [9.17, 15) is 8.42 Å². The molecule has 0 spiro atoms. The van der Waals surface area contributed by atoms with Crippen LogP contribution in [0.1, 0.15) is 20.3 Å². The van der Waals surface area contributed by atoms with Crippen LogP contribution in [-0.4, -0.2) is 27.7 Å². The quantitative estimate of drug-likeness (QED) is 0.873. The summed E-state index contributed by atoms with van der Waals surface area (Å²) < 4.78 is 33.6. The molecule has 0 bridgehead atoms. The molecular weight excluding hydrogens is 290 g/mol. The highest BCUT2D eigenvalue weighted by Crippen LogP contribution is 2.27. The standard InChI is InChI=1S/C12H18ClNO4S/c1-12(2,17-3)6-7-18-10-5-4-9(13)8-11(10)19(14,15)16/h4-5,8H,6-7H2,1-3H3,(H2,14,15,16). The number of nitrogens with two attached hydrogens (primary N) is 1.